The van der Waals surface area contributed by atoms with Crippen LogP contribution >= 0.6 is 11.3 Å². The van der Waals surface area contributed by atoms with Crippen LogP contribution in [-0.4, -0.2) is 46.8 Å². The van der Waals surface area contributed by atoms with Crippen molar-refractivity contribution in [1.82, 2.24) is 10.2 Å². The molecule has 1 fully saturated rings. The van der Waals surface area contributed by atoms with Gasteiger partial charge in [-0.3, -0.25) is 14.5 Å². The van der Waals surface area contributed by atoms with Crippen LogP contribution in [0.15, 0.2) is 48.0 Å². The van der Waals surface area contributed by atoms with Crippen molar-refractivity contribution in [3.63, 3.8) is 0 Å². The largest absolute Gasteiger partial charge is 0.507 e. The van der Waals surface area contributed by atoms with Gasteiger partial charge in [0.2, 0.25) is 5.13 Å². The molecule has 1 N–H and O–H groups in total. The van der Waals surface area contributed by atoms with Gasteiger partial charge in [0.1, 0.15) is 29.7 Å². The van der Waals surface area contributed by atoms with Gasteiger partial charge < -0.3 is 19.3 Å². The van der Waals surface area contributed by atoms with E-state index in [-0.39, 0.29) is 16.5 Å². The normalized spacial score (nSPS) is 18.5. The Bertz CT molecular complexity index is 1350. The molecule has 0 bridgehead atoms. The molecule has 9 nitrogen and oxygen atoms in total. The summed E-state index contributed by atoms with van der Waals surface area (Å²) >= 11 is 1.20. The molecular formula is C26H25N3O6S. The lowest BCUT2D eigenvalue weighted by Crippen LogP contribution is -2.29. The number of benzene rings is 2. The first-order valence-corrected chi connectivity index (χ1v) is 12.5. The Hall–Kier alpha value is -3.92. The lowest BCUT2D eigenvalue weighted by atomic mass is 9.95. The molecular weight excluding hydrogens is 482 g/mol. The highest BCUT2D eigenvalue weighted by Gasteiger charge is 2.48. The SMILES string of the molecule is CCCCOc1cccc(C2/C(=C(\O)c3ccc4c(c3)OCCO4)C(=O)C(=O)N2c2nnc(C)s2)c1. The van der Waals surface area contributed by atoms with Crippen molar-refractivity contribution >= 4 is 33.9 Å². The highest BCUT2D eigenvalue weighted by molar-refractivity contribution is 7.15. The third-order valence-corrected chi connectivity index (χ3v) is 6.76. The van der Waals surface area contributed by atoms with Gasteiger partial charge in [-0.15, -0.1) is 10.2 Å². The summed E-state index contributed by atoms with van der Waals surface area (Å²) in [5.74, 6) is -0.279. The zero-order valence-electron chi connectivity index (χ0n) is 19.9. The fourth-order valence-electron chi connectivity index (χ4n) is 4.18. The Morgan fingerprint density at radius 3 is 2.69 bits per heavy atom. The van der Waals surface area contributed by atoms with Gasteiger partial charge in [-0.05, 0) is 49.2 Å². The standard InChI is InChI=1S/C26H25N3O6S/c1-3-4-10-33-18-7-5-6-16(13-18)22-21(24(31)25(32)29(22)26-28-27-15(2)36-26)23(30)17-8-9-19-20(14-17)35-12-11-34-19/h5-9,13-14,22,30H,3-4,10-12H2,1-2H3/b23-21+. The number of hydrogen-bond donors (Lipinski definition) is 1. The second-order valence-corrected chi connectivity index (χ2v) is 9.57. The molecule has 10 heteroatoms. The number of carbonyl (C=O) groups excluding carboxylic acids is 2. The highest BCUT2D eigenvalue weighted by atomic mass is 32.1. The first kappa shape index (κ1) is 23.8. The average Bonchev–Trinajstić information content (AvgIpc) is 3.43. The number of aliphatic hydroxyl groups is 1. The maximum Gasteiger partial charge on any atom is 0.301 e. The quantitative estimate of drug-likeness (QED) is 0.217. The van der Waals surface area contributed by atoms with Gasteiger partial charge in [0.15, 0.2) is 11.5 Å². The van der Waals surface area contributed by atoms with E-state index in [0.717, 1.165) is 12.8 Å². The Morgan fingerprint density at radius 2 is 1.94 bits per heavy atom. The molecule has 1 saturated heterocycles. The molecule has 1 atom stereocenters. The fraction of sp³-hybridized carbons (Fsp3) is 0.308. The van der Waals surface area contributed by atoms with Crippen LogP contribution in [0.4, 0.5) is 5.13 Å². The van der Waals surface area contributed by atoms with Crippen molar-refractivity contribution in [2.75, 3.05) is 24.7 Å². The lowest BCUT2D eigenvalue weighted by Gasteiger charge is -2.23. The van der Waals surface area contributed by atoms with E-state index in [4.69, 9.17) is 14.2 Å². The van der Waals surface area contributed by atoms with Crippen LogP contribution in [0.1, 0.15) is 41.9 Å². The van der Waals surface area contributed by atoms with Crippen molar-refractivity contribution in [2.45, 2.75) is 32.7 Å². The van der Waals surface area contributed by atoms with Gasteiger partial charge in [0.25, 0.3) is 5.78 Å². The van der Waals surface area contributed by atoms with Crippen molar-refractivity contribution in [3.8, 4) is 17.2 Å². The molecule has 2 aliphatic rings. The average molecular weight is 508 g/mol. The van der Waals surface area contributed by atoms with Gasteiger partial charge >= 0.3 is 5.91 Å². The molecule has 1 amide bonds. The monoisotopic (exact) mass is 507 g/mol. The molecule has 5 rings (SSSR count). The Kier molecular flexibility index (Phi) is 6.60. The van der Waals surface area contributed by atoms with Crippen molar-refractivity contribution in [1.29, 1.82) is 0 Å². The second kappa shape index (κ2) is 9.98. The van der Waals surface area contributed by atoms with E-state index >= 15 is 0 Å². The van der Waals surface area contributed by atoms with E-state index in [9.17, 15) is 14.7 Å². The minimum absolute atomic E-state index is 0.0461. The smallest absolute Gasteiger partial charge is 0.301 e. The zero-order valence-corrected chi connectivity index (χ0v) is 20.7. The number of fused-ring (bicyclic) bond motifs is 1. The number of aliphatic hydroxyl groups excluding tert-OH is 1. The van der Waals surface area contributed by atoms with E-state index in [1.54, 1.807) is 43.3 Å². The predicted molar refractivity (Wildman–Crippen MR) is 134 cm³/mol. The number of anilines is 1. The molecule has 186 valence electrons. The van der Waals surface area contributed by atoms with Crippen LogP contribution in [0.2, 0.25) is 0 Å². The molecule has 1 unspecified atom stereocenters. The van der Waals surface area contributed by atoms with Crippen LogP contribution in [0.25, 0.3) is 5.76 Å². The fourth-order valence-corrected chi connectivity index (χ4v) is 4.90. The topological polar surface area (TPSA) is 111 Å². The number of amides is 1. The molecule has 0 saturated carbocycles. The molecule has 3 aromatic rings. The number of hydrogen-bond acceptors (Lipinski definition) is 9. The summed E-state index contributed by atoms with van der Waals surface area (Å²) in [6.07, 6.45) is 1.89. The Labute approximate surface area is 211 Å². The van der Waals surface area contributed by atoms with Gasteiger partial charge in [-0.2, -0.15) is 0 Å². The predicted octanol–water partition coefficient (Wildman–Crippen LogP) is 4.42. The zero-order chi connectivity index (χ0) is 25.2. The first-order valence-electron chi connectivity index (χ1n) is 11.7. The number of ketones is 1. The van der Waals surface area contributed by atoms with Crippen LogP contribution in [0, 0.1) is 6.92 Å². The molecule has 3 heterocycles. The summed E-state index contributed by atoms with van der Waals surface area (Å²) in [5.41, 5.74) is 0.899. The summed E-state index contributed by atoms with van der Waals surface area (Å²) in [7, 11) is 0. The summed E-state index contributed by atoms with van der Waals surface area (Å²) in [6.45, 7) is 5.20. The van der Waals surface area contributed by atoms with E-state index in [1.807, 2.05) is 6.07 Å². The maximum absolute atomic E-state index is 13.3. The molecule has 0 radical (unpaired) electrons. The van der Waals surface area contributed by atoms with Crippen LogP contribution in [-0.2, 0) is 9.59 Å². The number of rotatable bonds is 7. The van der Waals surface area contributed by atoms with E-state index < -0.39 is 17.7 Å². The number of aryl methyl sites for hydroxylation is 1. The first-order chi connectivity index (χ1) is 17.5. The molecule has 1 aromatic heterocycles. The van der Waals surface area contributed by atoms with Crippen molar-refractivity contribution in [2.24, 2.45) is 0 Å². The number of ether oxygens (including phenoxy) is 3. The van der Waals surface area contributed by atoms with Crippen LogP contribution in [0.3, 0.4) is 0 Å². The summed E-state index contributed by atoms with van der Waals surface area (Å²) in [5, 5.41) is 20.4. The summed E-state index contributed by atoms with van der Waals surface area (Å²) < 4.78 is 17.1. The molecule has 2 aliphatic heterocycles. The van der Waals surface area contributed by atoms with Crippen molar-refractivity contribution in [3.05, 3.63) is 64.2 Å². The Morgan fingerprint density at radius 1 is 1.14 bits per heavy atom. The number of nitrogens with zero attached hydrogens (tertiary/aromatic N) is 3. The number of aromatic nitrogens is 2. The van der Waals surface area contributed by atoms with Crippen LogP contribution in [0.5, 0.6) is 17.2 Å². The number of carbonyl (C=O) groups is 2. The highest BCUT2D eigenvalue weighted by Crippen LogP contribution is 2.44. The molecule has 0 aliphatic carbocycles. The van der Waals surface area contributed by atoms with Gasteiger partial charge in [0.05, 0.1) is 18.2 Å². The van der Waals surface area contributed by atoms with E-state index in [0.29, 0.717) is 53.2 Å². The van der Waals surface area contributed by atoms with Crippen molar-refractivity contribution < 1.29 is 28.9 Å². The van der Waals surface area contributed by atoms with Gasteiger partial charge in [-0.25, -0.2) is 0 Å². The third-order valence-electron chi connectivity index (χ3n) is 5.92. The second-order valence-electron chi connectivity index (χ2n) is 8.41. The maximum atomic E-state index is 13.3. The molecule has 0 spiro atoms. The van der Waals surface area contributed by atoms with E-state index in [2.05, 4.69) is 17.1 Å². The lowest BCUT2D eigenvalue weighted by molar-refractivity contribution is -0.132. The van der Waals surface area contributed by atoms with Crippen LogP contribution < -0.4 is 19.1 Å². The molecule has 2 aromatic carbocycles. The molecule has 36 heavy (non-hydrogen) atoms. The minimum Gasteiger partial charge on any atom is -0.507 e. The van der Waals surface area contributed by atoms with Gasteiger partial charge in [0, 0.05) is 5.56 Å². The summed E-state index contributed by atoms with van der Waals surface area (Å²) in [4.78, 5) is 27.9. The third kappa shape index (κ3) is 4.39. The number of unbranched alkanes of at least 4 members (excludes halogenated alkanes) is 1. The van der Waals surface area contributed by atoms with E-state index in [1.165, 1.54) is 16.2 Å². The number of Topliss-reactive ketones (excluding diaryl/α,β-unsaturated/α-hetero) is 1. The minimum atomic E-state index is -0.916. The summed E-state index contributed by atoms with van der Waals surface area (Å²) in [6, 6.07) is 11.2. The van der Waals surface area contributed by atoms with Gasteiger partial charge in [-0.1, -0.05) is 36.8 Å². The Balaban J connectivity index is 1.63.